The van der Waals surface area contributed by atoms with Crippen LogP contribution in [0.4, 0.5) is 5.69 Å². The molecule has 2 aromatic rings. The SMILES string of the molecule is CCSC1CCC(NC(=O)c2sc3cnccc3c2N)C1. The number of nitrogen functional groups attached to an aromatic ring is 1. The van der Waals surface area contributed by atoms with Crippen molar-refractivity contribution in [3.8, 4) is 0 Å². The van der Waals surface area contributed by atoms with Crippen molar-refractivity contribution in [3.63, 3.8) is 0 Å². The van der Waals surface area contributed by atoms with E-state index in [1.807, 2.05) is 17.8 Å². The van der Waals surface area contributed by atoms with Gasteiger partial charge in [-0.1, -0.05) is 6.92 Å². The van der Waals surface area contributed by atoms with Crippen molar-refractivity contribution >= 4 is 44.8 Å². The summed E-state index contributed by atoms with van der Waals surface area (Å²) in [5.41, 5.74) is 6.68. The Bertz CT molecular complexity index is 655. The molecule has 1 fully saturated rings. The lowest BCUT2D eigenvalue weighted by Crippen LogP contribution is -2.33. The lowest BCUT2D eigenvalue weighted by atomic mass is 10.2. The van der Waals surface area contributed by atoms with Crippen LogP contribution in [-0.2, 0) is 0 Å². The van der Waals surface area contributed by atoms with Crippen molar-refractivity contribution in [2.75, 3.05) is 11.5 Å². The molecule has 1 amide bonds. The maximum absolute atomic E-state index is 12.4. The molecule has 2 unspecified atom stereocenters. The Balaban J connectivity index is 1.71. The molecule has 0 spiro atoms. The molecule has 0 saturated heterocycles. The number of aromatic nitrogens is 1. The molecule has 2 atom stereocenters. The van der Waals surface area contributed by atoms with E-state index in [1.165, 1.54) is 17.8 Å². The Kier molecular flexibility index (Phi) is 4.35. The summed E-state index contributed by atoms with van der Waals surface area (Å²) in [6.45, 7) is 2.18. The molecular formula is C15H19N3OS2. The number of carbonyl (C=O) groups is 1. The number of hydrogen-bond acceptors (Lipinski definition) is 5. The van der Waals surface area contributed by atoms with Gasteiger partial charge in [0.2, 0.25) is 0 Å². The third kappa shape index (κ3) is 3.01. The number of amides is 1. The fourth-order valence-electron chi connectivity index (χ4n) is 2.85. The molecule has 3 N–H and O–H groups in total. The van der Waals surface area contributed by atoms with Gasteiger partial charge in [0.1, 0.15) is 4.88 Å². The van der Waals surface area contributed by atoms with Crippen molar-refractivity contribution in [2.24, 2.45) is 0 Å². The fourth-order valence-corrected chi connectivity index (χ4v) is 4.98. The number of fused-ring (bicyclic) bond motifs is 1. The number of pyridine rings is 1. The first-order valence-corrected chi connectivity index (χ1v) is 9.10. The number of thiophene rings is 1. The first-order valence-electron chi connectivity index (χ1n) is 7.23. The topological polar surface area (TPSA) is 68.0 Å². The number of nitrogens with two attached hydrogens (primary N) is 1. The highest BCUT2D eigenvalue weighted by molar-refractivity contribution is 7.99. The van der Waals surface area contributed by atoms with Gasteiger partial charge in [0.05, 0.1) is 10.4 Å². The minimum Gasteiger partial charge on any atom is -0.397 e. The van der Waals surface area contributed by atoms with Crippen LogP contribution in [0.2, 0.25) is 0 Å². The van der Waals surface area contributed by atoms with Crippen LogP contribution in [0.15, 0.2) is 18.5 Å². The second-order valence-corrected chi connectivity index (χ2v) is 7.91. The average Bonchev–Trinajstić information content (AvgIpc) is 3.05. The maximum atomic E-state index is 12.4. The third-order valence-corrected chi connectivity index (χ3v) is 6.25. The normalized spacial score (nSPS) is 21.8. The van der Waals surface area contributed by atoms with E-state index in [1.54, 1.807) is 12.4 Å². The largest absolute Gasteiger partial charge is 0.397 e. The number of anilines is 1. The number of carbonyl (C=O) groups excluding carboxylic acids is 1. The summed E-state index contributed by atoms with van der Waals surface area (Å²) in [4.78, 5) is 17.1. The summed E-state index contributed by atoms with van der Waals surface area (Å²) >= 11 is 3.41. The van der Waals surface area contributed by atoms with Crippen molar-refractivity contribution in [3.05, 3.63) is 23.3 Å². The molecule has 2 aromatic heterocycles. The minimum atomic E-state index is -0.0409. The maximum Gasteiger partial charge on any atom is 0.263 e. The number of nitrogens with one attached hydrogen (secondary N) is 1. The molecule has 21 heavy (non-hydrogen) atoms. The van der Waals surface area contributed by atoms with Crippen LogP contribution in [-0.4, -0.2) is 27.9 Å². The third-order valence-electron chi connectivity index (χ3n) is 3.86. The van der Waals surface area contributed by atoms with Crippen molar-refractivity contribution in [1.29, 1.82) is 0 Å². The van der Waals surface area contributed by atoms with Gasteiger partial charge in [-0.3, -0.25) is 9.78 Å². The number of hydrogen-bond donors (Lipinski definition) is 2. The van der Waals surface area contributed by atoms with Gasteiger partial charge in [0.15, 0.2) is 0 Å². The molecule has 6 heteroatoms. The Morgan fingerprint density at radius 2 is 2.43 bits per heavy atom. The molecule has 0 bridgehead atoms. The van der Waals surface area contributed by atoms with Crippen LogP contribution >= 0.6 is 23.1 Å². The van der Waals surface area contributed by atoms with Gasteiger partial charge in [-0.05, 0) is 31.1 Å². The van der Waals surface area contributed by atoms with Gasteiger partial charge >= 0.3 is 0 Å². The summed E-state index contributed by atoms with van der Waals surface area (Å²) < 4.78 is 0.964. The van der Waals surface area contributed by atoms with E-state index >= 15 is 0 Å². The monoisotopic (exact) mass is 321 g/mol. The molecule has 1 aliphatic rings. The summed E-state index contributed by atoms with van der Waals surface area (Å²) in [7, 11) is 0. The van der Waals surface area contributed by atoms with Crippen LogP contribution < -0.4 is 11.1 Å². The lowest BCUT2D eigenvalue weighted by molar-refractivity contribution is 0.0943. The smallest absolute Gasteiger partial charge is 0.263 e. The first-order chi connectivity index (χ1) is 10.2. The highest BCUT2D eigenvalue weighted by Gasteiger charge is 2.27. The molecule has 4 nitrogen and oxygen atoms in total. The quantitative estimate of drug-likeness (QED) is 0.907. The number of thioether (sulfide) groups is 1. The molecule has 3 rings (SSSR count). The van der Waals surface area contributed by atoms with Crippen LogP contribution in [0.3, 0.4) is 0 Å². The highest BCUT2D eigenvalue weighted by atomic mass is 32.2. The van der Waals surface area contributed by atoms with E-state index in [9.17, 15) is 4.79 Å². The lowest BCUT2D eigenvalue weighted by Gasteiger charge is -2.12. The van der Waals surface area contributed by atoms with E-state index < -0.39 is 0 Å². The summed E-state index contributed by atoms with van der Waals surface area (Å²) in [5.74, 6) is 1.10. The zero-order valence-corrected chi connectivity index (χ0v) is 13.6. The van der Waals surface area contributed by atoms with E-state index in [-0.39, 0.29) is 11.9 Å². The van der Waals surface area contributed by atoms with E-state index in [0.29, 0.717) is 15.8 Å². The summed E-state index contributed by atoms with van der Waals surface area (Å²) in [5, 5.41) is 4.75. The van der Waals surface area contributed by atoms with E-state index in [0.717, 1.165) is 28.7 Å². The Morgan fingerprint density at radius 3 is 3.19 bits per heavy atom. The van der Waals surface area contributed by atoms with Gasteiger partial charge < -0.3 is 11.1 Å². The van der Waals surface area contributed by atoms with Gasteiger partial charge in [-0.15, -0.1) is 11.3 Å². The molecule has 2 heterocycles. The fraction of sp³-hybridized carbons (Fsp3) is 0.467. The van der Waals surface area contributed by atoms with E-state index in [2.05, 4.69) is 17.2 Å². The van der Waals surface area contributed by atoms with Crippen LogP contribution in [0.25, 0.3) is 10.1 Å². The highest BCUT2D eigenvalue weighted by Crippen LogP contribution is 2.34. The second kappa shape index (κ2) is 6.23. The summed E-state index contributed by atoms with van der Waals surface area (Å²) in [6, 6.07) is 2.14. The molecule has 1 saturated carbocycles. The van der Waals surface area contributed by atoms with E-state index in [4.69, 9.17) is 5.73 Å². The Morgan fingerprint density at radius 1 is 1.57 bits per heavy atom. The predicted molar refractivity (Wildman–Crippen MR) is 91.1 cm³/mol. The van der Waals surface area contributed by atoms with Crippen LogP contribution in [0.5, 0.6) is 0 Å². The predicted octanol–water partition coefficient (Wildman–Crippen LogP) is 3.28. The Hall–Kier alpha value is -1.27. The second-order valence-electron chi connectivity index (χ2n) is 5.28. The molecule has 0 aliphatic heterocycles. The molecule has 0 radical (unpaired) electrons. The Labute approximate surface area is 132 Å². The average molecular weight is 321 g/mol. The van der Waals surface area contributed by atoms with Gasteiger partial charge in [0.25, 0.3) is 5.91 Å². The molecule has 1 aliphatic carbocycles. The number of rotatable bonds is 4. The van der Waals surface area contributed by atoms with Gasteiger partial charge in [-0.25, -0.2) is 0 Å². The number of nitrogens with zero attached hydrogens (tertiary/aromatic N) is 1. The van der Waals surface area contributed by atoms with Crippen LogP contribution in [0, 0.1) is 0 Å². The summed E-state index contributed by atoms with van der Waals surface area (Å²) in [6.07, 6.45) is 6.79. The minimum absolute atomic E-state index is 0.0409. The molecular weight excluding hydrogens is 302 g/mol. The molecule has 0 aromatic carbocycles. The van der Waals surface area contributed by atoms with Crippen molar-refractivity contribution < 1.29 is 4.79 Å². The van der Waals surface area contributed by atoms with Crippen LogP contribution in [0.1, 0.15) is 35.9 Å². The van der Waals surface area contributed by atoms with Crippen molar-refractivity contribution in [2.45, 2.75) is 37.5 Å². The van der Waals surface area contributed by atoms with Gasteiger partial charge in [-0.2, -0.15) is 11.8 Å². The standard InChI is InChI=1S/C15H19N3OS2/c1-2-20-10-4-3-9(7-10)18-15(19)14-13(16)11-5-6-17-8-12(11)21-14/h5-6,8-10H,2-4,7,16H2,1H3,(H,18,19). The zero-order valence-electron chi connectivity index (χ0n) is 12.0. The molecule has 112 valence electrons. The zero-order chi connectivity index (χ0) is 14.8. The van der Waals surface area contributed by atoms with Crippen molar-refractivity contribution in [1.82, 2.24) is 10.3 Å². The first kappa shape index (κ1) is 14.7. The van der Waals surface area contributed by atoms with Gasteiger partial charge in [0, 0.05) is 29.1 Å².